The van der Waals surface area contributed by atoms with Gasteiger partial charge in [-0.2, -0.15) is 0 Å². The van der Waals surface area contributed by atoms with Gasteiger partial charge in [0, 0.05) is 62.4 Å². The topological polar surface area (TPSA) is 46.3 Å². The number of hydrogen-bond acceptors (Lipinski definition) is 3. The summed E-state index contributed by atoms with van der Waals surface area (Å²) in [5.41, 5.74) is 0.765. The van der Waals surface area contributed by atoms with Gasteiger partial charge in [-0.1, -0.05) is 0 Å². The predicted octanol–water partition coefficient (Wildman–Crippen LogP) is 3.02. The van der Waals surface area contributed by atoms with Crippen LogP contribution in [0.4, 0.5) is 0 Å². The van der Waals surface area contributed by atoms with E-state index >= 15 is 0 Å². The van der Waals surface area contributed by atoms with Crippen LogP contribution in [0.2, 0.25) is 0 Å². The number of likely N-dealkylation sites (N-methyl/N-ethyl adjacent to an activating group) is 1. The van der Waals surface area contributed by atoms with Crippen LogP contribution in [0.25, 0.3) is 0 Å². The van der Waals surface area contributed by atoms with Crippen LogP contribution >= 0.6 is 0 Å². The van der Waals surface area contributed by atoms with E-state index in [-0.39, 0.29) is 11.4 Å². The van der Waals surface area contributed by atoms with Gasteiger partial charge in [0.05, 0.1) is 5.56 Å². The highest BCUT2D eigenvalue weighted by Crippen LogP contribution is 2.27. The molecule has 0 unspecified atom stereocenters. The Morgan fingerprint density at radius 1 is 1.30 bits per heavy atom. The minimum absolute atomic E-state index is 0.0137. The highest BCUT2D eigenvalue weighted by atomic mass is 16.2. The van der Waals surface area contributed by atoms with Crippen LogP contribution in [0.1, 0.15) is 55.7 Å². The number of aromatic nitrogens is 3. The zero-order chi connectivity index (χ0) is 19.6. The van der Waals surface area contributed by atoms with Gasteiger partial charge in [0.25, 0.3) is 5.91 Å². The monoisotopic (exact) mass is 371 g/mol. The van der Waals surface area contributed by atoms with E-state index in [0.29, 0.717) is 5.92 Å². The number of carbonyl (C=O) groups is 1. The third-order valence-electron chi connectivity index (χ3n) is 5.32. The van der Waals surface area contributed by atoms with E-state index < -0.39 is 0 Å². The molecule has 3 heterocycles. The minimum atomic E-state index is -0.0137. The molecule has 0 aromatic carbocycles. The van der Waals surface area contributed by atoms with E-state index in [1.807, 2.05) is 29.6 Å². The van der Waals surface area contributed by atoms with E-state index in [0.717, 1.165) is 50.4 Å². The van der Waals surface area contributed by atoms with Crippen molar-refractivity contribution in [1.82, 2.24) is 23.9 Å². The SMILES string of the molecule is CN(C)CCn1ccnc1[C@@H]1CCCN(C(=O)c2ccn(C(C)(C)C)c2)C1. The normalized spacial score (nSPS) is 18.3. The fourth-order valence-electron chi connectivity index (χ4n) is 3.67. The average molecular weight is 372 g/mol. The molecule has 2 aromatic heterocycles. The summed E-state index contributed by atoms with van der Waals surface area (Å²) in [6.07, 6.45) is 10.0. The maximum atomic E-state index is 13.0. The first-order valence-electron chi connectivity index (χ1n) is 9.89. The van der Waals surface area contributed by atoms with Crippen LogP contribution in [-0.2, 0) is 12.1 Å². The second-order valence-corrected chi connectivity index (χ2v) is 8.85. The molecule has 0 aliphatic carbocycles. The molecule has 27 heavy (non-hydrogen) atoms. The van der Waals surface area contributed by atoms with Gasteiger partial charge >= 0.3 is 0 Å². The van der Waals surface area contributed by atoms with Crippen LogP contribution < -0.4 is 0 Å². The maximum Gasteiger partial charge on any atom is 0.255 e. The molecule has 3 rings (SSSR count). The van der Waals surface area contributed by atoms with E-state index in [2.05, 4.69) is 60.1 Å². The summed E-state index contributed by atoms with van der Waals surface area (Å²) in [5.74, 6) is 1.56. The van der Waals surface area contributed by atoms with Gasteiger partial charge in [-0.05, 0) is 53.8 Å². The summed E-state index contributed by atoms with van der Waals surface area (Å²) in [6, 6.07) is 1.94. The third-order valence-corrected chi connectivity index (χ3v) is 5.32. The van der Waals surface area contributed by atoms with E-state index in [9.17, 15) is 4.79 Å². The molecule has 1 amide bonds. The molecule has 148 valence electrons. The molecule has 1 saturated heterocycles. The van der Waals surface area contributed by atoms with Crippen molar-refractivity contribution in [2.24, 2.45) is 0 Å². The van der Waals surface area contributed by atoms with Crippen molar-refractivity contribution in [2.75, 3.05) is 33.7 Å². The molecule has 1 atom stereocenters. The summed E-state index contributed by atoms with van der Waals surface area (Å²) in [6.45, 7) is 9.93. The lowest BCUT2D eigenvalue weighted by molar-refractivity contribution is 0.0703. The molecular weight excluding hydrogens is 338 g/mol. The third kappa shape index (κ3) is 4.61. The highest BCUT2D eigenvalue weighted by molar-refractivity contribution is 5.94. The molecule has 6 nitrogen and oxygen atoms in total. The van der Waals surface area contributed by atoms with Crippen molar-refractivity contribution < 1.29 is 4.79 Å². The molecule has 2 aromatic rings. The number of amides is 1. The standard InChI is InChI=1S/C21H33N5O/c1-21(2,3)26-11-8-18(16-26)20(27)25-10-6-7-17(15-25)19-22-9-12-24(19)14-13-23(4)5/h8-9,11-12,16-17H,6-7,10,13-15H2,1-5H3/t17-/m1/s1. The first kappa shape index (κ1) is 19.7. The lowest BCUT2D eigenvalue weighted by atomic mass is 9.96. The molecule has 1 aliphatic rings. The Kier molecular flexibility index (Phi) is 5.75. The van der Waals surface area contributed by atoms with Crippen LogP contribution in [0, 0.1) is 0 Å². The van der Waals surface area contributed by atoms with Crippen molar-refractivity contribution >= 4 is 5.91 Å². The number of imidazole rings is 1. The summed E-state index contributed by atoms with van der Waals surface area (Å²) in [5, 5.41) is 0. The van der Waals surface area contributed by atoms with E-state index in [4.69, 9.17) is 0 Å². The Bertz CT molecular complexity index is 768. The average Bonchev–Trinajstić information content (AvgIpc) is 3.28. The first-order chi connectivity index (χ1) is 12.8. The second-order valence-electron chi connectivity index (χ2n) is 8.85. The molecule has 0 radical (unpaired) electrons. The molecule has 1 aliphatic heterocycles. The number of likely N-dealkylation sites (tertiary alicyclic amines) is 1. The van der Waals surface area contributed by atoms with E-state index in [1.54, 1.807) is 0 Å². The number of rotatable bonds is 5. The van der Waals surface area contributed by atoms with Crippen molar-refractivity contribution in [3.05, 3.63) is 42.2 Å². The Hall–Kier alpha value is -2.08. The van der Waals surface area contributed by atoms with Crippen LogP contribution in [0.5, 0.6) is 0 Å². The van der Waals surface area contributed by atoms with Gasteiger partial charge in [0.1, 0.15) is 5.82 Å². The Morgan fingerprint density at radius 2 is 2.07 bits per heavy atom. The number of nitrogens with zero attached hydrogens (tertiary/aromatic N) is 5. The second kappa shape index (κ2) is 7.89. The highest BCUT2D eigenvalue weighted by Gasteiger charge is 2.28. The number of carbonyl (C=O) groups excluding carboxylic acids is 1. The Labute approximate surface area is 162 Å². The van der Waals surface area contributed by atoms with Gasteiger partial charge < -0.3 is 18.9 Å². The zero-order valence-corrected chi connectivity index (χ0v) is 17.4. The largest absolute Gasteiger partial charge is 0.348 e. The van der Waals surface area contributed by atoms with Crippen LogP contribution in [0.3, 0.4) is 0 Å². The lowest BCUT2D eigenvalue weighted by Crippen LogP contribution is -2.39. The molecule has 0 bridgehead atoms. The van der Waals surface area contributed by atoms with Crippen molar-refractivity contribution in [3.8, 4) is 0 Å². The van der Waals surface area contributed by atoms with E-state index in [1.165, 1.54) is 0 Å². The van der Waals surface area contributed by atoms with Crippen LogP contribution in [0.15, 0.2) is 30.9 Å². The van der Waals surface area contributed by atoms with Gasteiger partial charge in [-0.3, -0.25) is 4.79 Å². The minimum Gasteiger partial charge on any atom is -0.348 e. The lowest BCUT2D eigenvalue weighted by Gasteiger charge is -2.32. The Balaban J connectivity index is 1.70. The molecule has 0 saturated carbocycles. The summed E-state index contributed by atoms with van der Waals surface area (Å²) < 4.78 is 4.35. The van der Waals surface area contributed by atoms with Gasteiger partial charge in [-0.25, -0.2) is 4.98 Å². The summed E-state index contributed by atoms with van der Waals surface area (Å²) in [4.78, 5) is 21.8. The smallest absolute Gasteiger partial charge is 0.255 e. The van der Waals surface area contributed by atoms with Gasteiger partial charge in [0.2, 0.25) is 0 Å². The molecule has 0 spiro atoms. The molecular formula is C21H33N5O. The summed E-state index contributed by atoms with van der Waals surface area (Å²) in [7, 11) is 4.17. The fourth-order valence-corrected chi connectivity index (χ4v) is 3.67. The fraction of sp³-hybridized carbons (Fsp3) is 0.619. The van der Waals surface area contributed by atoms with Crippen molar-refractivity contribution in [3.63, 3.8) is 0 Å². The van der Waals surface area contributed by atoms with Gasteiger partial charge in [0.15, 0.2) is 0 Å². The molecule has 1 fully saturated rings. The first-order valence-corrected chi connectivity index (χ1v) is 9.89. The van der Waals surface area contributed by atoms with Crippen molar-refractivity contribution in [1.29, 1.82) is 0 Å². The van der Waals surface area contributed by atoms with Gasteiger partial charge in [-0.15, -0.1) is 0 Å². The number of piperidine rings is 1. The molecule has 0 N–H and O–H groups in total. The quantitative estimate of drug-likeness (QED) is 0.812. The van der Waals surface area contributed by atoms with Crippen molar-refractivity contribution in [2.45, 2.75) is 51.6 Å². The predicted molar refractivity (Wildman–Crippen MR) is 108 cm³/mol. The maximum absolute atomic E-state index is 13.0. The number of hydrogen-bond donors (Lipinski definition) is 0. The zero-order valence-electron chi connectivity index (χ0n) is 17.4. The molecule has 6 heteroatoms. The summed E-state index contributed by atoms with van der Waals surface area (Å²) >= 11 is 0. The Morgan fingerprint density at radius 3 is 2.74 bits per heavy atom. The van der Waals surface area contributed by atoms with Crippen LogP contribution in [-0.4, -0.2) is 63.6 Å².